The summed E-state index contributed by atoms with van der Waals surface area (Å²) in [5, 5.41) is 10.9. The van der Waals surface area contributed by atoms with E-state index in [4.69, 9.17) is 4.74 Å². The lowest BCUT2D eigenvalue weighted by molar-refractivity contribution is -0.121. The molecule has 100 valence electrons. The maximum atomic E-state index is 11.3. The molecule has 0 radical (unpaired) electrons. The van der Waals surface area contributed by atoms with Crippen LogP contribution >= 0.6 is 0 Å². The van der Waals surface area contributed by atoms with Gasteiger partial charge in [-0.3, -0.25) is 14.6 Å². The van der Waals surface area contributed by atoms with E-state index in [9.17, 15) is 14.4 Å². The Balaban J connectivity index is 2.31. The Morgan fingerprint density at radius 3 is 2.83 bits per heavy atom. The van der Waals surface area contributed by atoms with Gasteiger partial charge >= 0.3 is 5.69 Å². The lowest BCUT2D eigenvalue weighted by atomic mass is 10.4. The molecule has 0 fully saturated rings. The van der Waals surface area contributed by atoms with Crippen molar-refractivity contribution in [3.05, 3.63) is 20.8 Å². The minimum Gasteiger partial charge on any atom is -0.383 e. The topological polar surface area (TPSA) is 129 Å². The summed E-state index contributed by atoms with van der Waals surface area (Å²) in [7, 11) is 1.54. The van der Waals surface area contributed by atoms with E-state index < -0.39 is 11.2 Å². The normalized spacial score (nSPS) is 10.1. The molecule has 0 atom stereocenters. The molecule has 1 aromatic rings. The predicted molar refractivity (Wildman–Crippen MR) is 63.5 cm³/mol. The molecule has 0 bridgehead atoms. The zero-order valence-electron chi connectivity index (χ0n) is 9.91. The molecule has 0 aromatic carbocycles. The number of anilines is 1. The number of amides is 1. The van der Waals surface area contributed by atoms with Crippen LogP contribution in [0.15, 0.2) is 9.59 Å². The highest BCUT2D eigenvalue weighted by Gasteiger charge is 2.03. The second-order valence-electron chi connectivity index (χ2n) is 3.37. The molecule has 0 aliphatic carbocycles. The number of rotatable bonds is 7. The zero-order chi connectivity index (χ0) is 13.4. The molecular weight excluding hydrogens is 242 g/mol. The number of hydrogen-bond acceptors (Lipinski definition) is 6. The summed E-state index contributed by atoms with van der Waals surface area (Å²) in [5.41, 5.74) is -1.30. The summed E-state index contributed by atoms with van der Waals surface area (Å²) in [6, 6.07) is 0. The highest BCUT2D eigenvalue weighted by atomic mass is 16.5. The quantitative estimate of drug-likeness (QED) is 0.419. The van der Waals surface area contributed by atoms with Gasteiger partial charge in [-0.25, -0.2) is 9.89 Å². The van der Waals surface area contributed by atoms with Crippen molar-refractivity contribution < 1.29 is 9.53 Å². The van der Waals surface area contributed by atoms with Gasteiger partial charge in [0.1, 0.15) is 0 Å². The van der Waals surface area contributed by atoms with Gasteiger partial charge in [0.05, 0.1) is 6.61 Å². The van der Waals surface area contributed by atoms with Gasteiger partial charge in [-0.2, -0.15) is 0 Å². The molecule has 4 N–H and O–H groups in total. The SMILES string of the molecule is COCCNC(=O)CCNc1n[nH]c(=O)[nH]c1=O. The van der Waals surface area contributed by atoms with E-state index in [2.05, 4.69) is 20.8 Å². The van der Waals surface area contributed by atoms with E-state index in [1.54, 1.807) is 7.11 Å². The number of ether oxygens (including phenoxy) is 1. The Morgan fingerprint density at radius 1 is 1.39 bits per heavy atom. The molecule has 0 spiro atoms. The minimum absolute atomic E-state index is 0.0284. The first kappa shape index (κ1) is 13.9. The van der Waals surface area contributed by atoms with Crippen molar-refractivity contribution in [3.63, 3.8) is 0 Å². The average molecular weight is 257 g/mol. The molecule has 0 saturated carbocycles. The summed E-state index contributed by atoms with van der Waals surface area (Å²) < 4.78 is 4.77. The number of aromatic amines is 2. The van der Waals surface area contributed by atoms with Gasteiger partial charge in [-0.1, -0.05) is 0 Å². The van der Waals surface area contributed by atoms with Crippen LogP contribution in [0.4, 0.5) is 5.82 Å². The van der Waals surface area contributed by atoms with Crippen molar-refractivity contribution in [2.75, 3.05) is 32.1 Å². The van der Waals surface area contributed by atoms with Gasteiger partial charge in [0.15, 0.2) is 0 Å². The molecule has 0 aliphatic heterocycles. The number of H-pyrrole nitrogens is 2. The number of nitrogens with zero attached hydrogens (tertiary/aromatic N) is 1. The summed E-state index contributed by atoms with van der Waals surface area (Å²) in [6.07, 6.45) is 0.184. The fourth-order valence-corrected chi connectivity index (χ4v) is 1.14. The number of nitrogens with one attached hydrogen (secondary N) is 4. The first-order valence-corrected chi connectivity index (χ1v) is 5.32. The van der Waals surface area contributed by atoms with Gasteiger partial charge in [-0.15, -0.1) is 5.10 Å². The predicted octanol–water partition coefficient (Wildman–Crippen LogP) is -1.98. The van der Waals surface area contributed by atoms with Gasteiger partial charge in [0.25, 0.3) is 5.56 Å². The second kappa shape index (κ2) is 7.22. The van der Waals surface area contributed by atoms with E-state index in [1.165, 1.54) is 0 Å². The van der Waals surface area contributed by atoms with Crippen LogP contribution in [-0.4, -0.2) is 47.9 Å². The average Bonchev–Trinajstić information content (AvgIpc) is 2.32. The van der Waals surface area contributed by atoms with Gasteiger partial charge in [0, 0.05) is 26.6 Å². The van der Waals surface area contributed by atoms with Crippen LogP contribution < -0.4 is 21.9 Å². The molecule has 1 rings (SSSR count). The Hall–Kier alpha value is -2.16. The Kier molecular flexibility index (Phi) is 5.58. The van der Waals surface area contributed by atoms with E-state index >= 15 is 0 Å². The lowest BCUT2D eigenvalue weighted by Gasteiger charge is -2.05. The van der Waals surface area contributed by atoms with Crippen LogP contribution in [0.1, 0.15) is 6.42 Å². The summed E-state index contributed by atoms with van der Waals surface area (Å²) in [5.74, 6) is -0.195. The maximum Gasteiger partial charge on any atom is 0.342 e. The fraction of sp³-hybridized carbons (Fsp3) is 0.556. The Morgan fingerprint density at radius 2 is 2.17 bits per heavy atom. The Labute approximate surface area is 102 Å². The number of carbonyl (C=O) groups excluding carboxylic acids is 1. The number of methoxy groups -OCH3 is 1. The monoisotopic (exact) mass is 257 g/mol. The van der Waals surface area contributed by atoms with E-state index in [0.717, 1.165) is 0 Å². The van der Waals surface area contributed by atoms with Crippen LogP contribution in [0.5, 0.6) is 0 Å². The van der Waals surface area contributed by atoms with E-state index in [0.29, 0.717) is 13.2 Å². The van der Waals surface area contributed by atoms with E-state index in [1.807, 2.05) is 4.98 Å². The molecule has 0 unspecified atom stereocenters. The summed E-state index contributed by atoms with van der Waals surface area (Å²) in [4.78, 5) is 35.2. The van der Waals surface area contributed by atoms with Crippen LogP contribution in [-0.2, 0) is 9.53 Å². The van der Waals surface area contributed by atoms with E-state index in [-0.39, 0.29) is 24.7 Å². The third-order valence-corrected chi connectivity index (χ3v) is 1.98. The number of hydrogen-bond donors (Lipinski definition) is 4. The van der Waals surface area contributed by atoms with Crippen molar-refractivity contribution in [2.24, 2.45) is 0 Å². The fourth-order valence-electron chi connectivity index (χ4n) is 1.14. The van der Waals surface area contributed by atoms with Crippen molar-refractivity contribution in [3.8, 4) is 0 Å². The smallest absolute Gasteiger partial charge is 0.342 e. The third-order valence-electron chi connectivity index (χ3n) is 1.98. The number of carbonyl (C=O) groups is 1. The largest absolute Gasteiger partial charge is 0.383 e. The molecule has 0 saturated heterocycles. The van der Waals surface area contributed by atoms with Gasteiger partial charge < -0.3 is 15.4 Å². The van der Waals surface area contributed by atoms with Crippen LogP contribution in [0.2, 0.25) is 0 Å². The van der Waals surface area contributed by atoms with Crippen molar-refractivity contribution >= 4 is 11.7 Å². The highest BCUT2D eigenvalue weighted by Crippen LogP contribution is 1.88. The third kappa shape index (κ3) is 4.78. The second-order valence-corrected chi connectivity index (χ2v) is 3.37. The molecule has 1 aromatic heterocycles. The van der Waals surface area contributed by atoms with Crippen LogP contribution in [0.25, 0.3) is 0 Å². The van der Waals surface area contributed by atoms with Gasteiger partial charge in [0.2, 0.25) is 11.7 Å². The molecule has 9 heteroatoms. The van der Waals surface area contributed by atoms with Crippen molar-refractivity contribution in [2.45, 2.75) is 6.42 Å². The highest BCUT2D eigenvalue weighted by molar-refractivity contribution is 5.76. The maximum absolute atomic E-state index is 11.3. The first-order valence-electron chi connectivity index (χ1n) is 5.32. The molecule has 1 amide bonds. The lowest BCUT2D eigenvalue weighted by Crippen LogP contribution is -2.30. The van der Waals surface area contributed by atoms with Crippen LogP contribution in [0, 0.1) is 0 Å². The summed E-state index contributed by atoms with van der Waals surface area (Å²) in [6.45, 7) is 1.12. The zero-order valence-corrected chi connectivity index (χ0v) is 9.91. The molecule has 9 nitrogen and oxygen atoms in total. The van der Waals surface area contributed by atoms with Crippen LogP contribution in [0.3, 0.4) is 0 Å². The Bertz CT molecular complexity index is 494. The molecular formula is C9H15N5O4. The number of aromatic nitrogens is 3. The van der Waals surface area contributed by atoms with Gasteiger partial charge in [-0.05, 0) is 0 Å². The first-order chi connectivity index (χ1) is 8.63. The molecule has 1 heterocycles. The van der Waals surface area contributed by atoms with Crippen molar-refractivity contribution in [1.29, 1.82) is 0 Å². The molecule has 0 aliphatic rings. The standard InChI is InChI=1S/C9H15N5O4/c1-18-5-4-10-6(15)2-3-11-7-8(16)12-9(17)14-13-7/h2-5H2,1H3,(H,10,15)(H,11,13)(H2,12,14,16,17). The summed E-state index contributed by atoms with van der Waals surface area (Å²) >= 11 is 0. The molecule has 18 heavy (non-hydrogen) atoms. The minimum atomic E-state index is -0.678. The van der Waals surface area contributed by atoms with Crippen molar-refractivity contribution in [1.82, 2.24) is 20.5 Å².